The Bertz CT molecular complexity index is 681. The van der Waals surface area contributed by atoms with E-state index in [1.54, 1.807) is 10.9 Å². The molecule has 1 aromatic carbocycles. The lowest BCUT2D eigenvalue weighted by Gasteiger charge is -2.54. The molecule has 1 aromatic heterocycles. The van der Waals surface area contributed by atoms with Crippen molar-refractivity contribution in [3.63, 3.8) is 0 Å². The zero-order chi connectivity index (χ0) is 16.4. The van der Waals surface area contributed by atoms with E-state index in [1.165, 1.54) is 5.56 Å². The molecule has 1 amide bonds. The van der Waals surface area contributed by atoms with E-state index >= 15 is 0 Å². The molecule has 23 heavy (non-hydrogen) atoms. The van der Waals surface area contributed by atoms with E-state index in [0.717, 1.165) is 6.54 Å². The monoisotopic (exact) mass is 314 g/mol. The first-order valence-corrected chi connectivity index (χ1v) is 7.74. The zero-order valence-electron chi connectivity index (χ0n) is 13.8. The van der Waals surface area contributed by atoms with Crippen molar-refractivity contribution in [1.82, 2.24) is 19.7 Å². The number of likely N-dealkylation sites (tertiary alicyclic amines) is 1. The van der Waals surface area contributed by atoms with Gasteiger partial charge in [0.25, 0.3) is 0 Å². The second-order valence-corrected chi connectivity index (χ2v) is 6.67. The van der Waals surface area contributed by atoms with Crippen molar-refractivity contribution in [2.24, 2.45) is 12.5 Å². The van der Waals surface area contributed by atoms with Crippen LogP contribution in [0.3, 0.4) is 0 Å². The Balaban J connectivity index is 1.60. The second kappa shape index (κ2) is 6.12. The fourth-order valence-corrected chi connectivity index (χ4v) is 3.18. The Kier molecular flexibility index (Phi) is 4.17. The van der Waals surface area contributed by atoms with Crippen molar-refractivity contribution in [2.75, 3.05) is 13.2 Å². The van der Waals surface area contributed by atoms with Gasteiger partial charge in [-0.3, -0.25) is 4.79 Å². The smallest absolute Gasteiger partial charge is 0.249 e. The van der Waals surface area contributed by atoms with Crippen LogP contribution in [-0.2, 0) is 23.2 Å². The minimum absolute atomic E-state index is 0.0142. The minimum Gasteiger partial charge on any atom is -0.364 e. The number of hydrogen-bond donors (Lipinski definition) is 0. The van der Waals surface area contributed by atoms with Gasteiger partial charge in [0.15, 0.2) is 5.82 Å². The maximum atomic E-state index is 12.5. The molecule has 1 atom stereocenters. The summed E-state index contributed by atoms with van der Waals surface area (Å²) in [5.74, 6) is 0.724. The van der Waals surface area contributed by atoms with Crippen LogP contribution < -0.4 is 0 Å². The summed E-state index contributed by atoms with van der Waals surface area (Å²) in [6.07, 6.45) is 1.61. The third-order valence-corrected chi connectivity index (χ3v) is 4.33. The maximum Gasteiger partial charge on any atom is 0.249 e. The average Bonchev–Trinajstić information content (AvgIpc) is 2.91. The zero-order valence-corrected chi connectivity index (χ0v) is 13.8. The van der Waals surface area contributed by atoms with Gasteiger partial charge in [0, 0.05) is 19.0 Å². The first-order valence-electron chi connectivity index (χ1n) is 7.74. The maximum absolute atomic E-state index is 12.5. The summed E-state index contributed by atoms with van der Waals surface area (Å²) in [4.78, 5) is 14.4. The summed E-state index contributed by atoms with van der Waals surface area (Å²) >= 11 is 0. The van der Waals surface area contributed by atoms with Crippen molar-refractivity contribution in [3.05, 3.63) is 48.0 Å². The van der Waals surface area contributed by atoms with Crippen LogP contribution in [0.25, 0.3) is 0 Å². The third-order valence-electron chi connectivity index (χ3n) is 4.33. The Labute approximate surface area is 136 Å². The van der Waals surface area contributed by atoms with E-state index in [4.69, 9.17) is 4.74 Å². The number of ether oxygens (including phenoxy) is 1. The molecule has 6 heteroatoms. The molecule has 1 aliphatic rings. The summed E-state index contributed by atoms with van der Waals surface area (Å²) in [6.45, 7) is 5.48. The van der Waals surface area contributed by atoms with E-state index in [0.29, 0.717) is 5.82 Å². The predicted molar refractivity (Wildman–Crippen MR) is 85.3 cm³/mol. The van der Waals surface area contributed by atoms with Gasteiger partial charge in [-0.1, -0.05) is 44.2 Å². The van der Waals surface area contributed by atoms with Gasteiger partial charge in [0.2, 0.25) is 5.91 Å². The largest absolute Gasteiger partial charge is 0.364 e. The molecule has 1 aliphatic heterocycles. The molecule has 0 spiro atoms. The van der Waals surface area contributed by atoms with Crippen LogP contribution in [0.1, 0.15) is 31.3 Å². The molecule has 1 saturated heterocycles. The lowest BCUT2D eigenvalue weighted by molar-refractivity contribution is -0.157. The van der Waals surface area contributed by atoms with Crippen LogP contribution in [0, 0.1) is 5.41 Å². The third kappa shape index (κ3) is 3.12. The average molecular weight is 314 g/mol. The Hall–Kier alpha value is -2.21. The first kappa shape index (κ1) is 15.7. The highest BCUT2D eigenvalue weighted by molar-refractivity contribution is 5.79. The number of aryl methyl sites for hydroxylation is 1. The van der Waals surface area contributed by atoms with Gasteiger partial charge in [-0.15, -0.1) is 10.2 Å². The Morgan fingerprint density at radius 1 is 1.35 bits per heavy atom. The van der Waals surface area contributed by atoms with Crippen LogP contribution in [0.5, 0.6) is 0 Å². The second-order valence-electron chi connectivity index (χ2n) is 6.67. The highest BCUT2D eigenvalue weighted by atomic mass is 16.5. The van der Waals surface area contributed by atoms with E-state index in [2.05, 4.69) is 36.2 Å². The normalized spacial score (nSPS) is 19.4. The summed E-state index contributed by atoms with van der Waals surface area (Å²) < 4.78 is 7.30. The molecule has 0 bridgehead atoms. The summed E-state index contributed by atoms with van der Waals surface area (Å²) in [5, 5.41) is 7.73. The molecule has 2 aromatic rings. The lowest BCUT2D eigenvalue weighted by Crippen LogP contribution is -2.58. The predicted octanol–water partition coefficient (Wildman–Crippen LogP) is 1.94. The summed E-state index contributed by atoms with van der Waals surface area (Å²) in [7, 11) is 1.85. The summed E-state index contributed by atoms with van der Waals surface area (Å²) in [6, 6.07) is 10.3. The molecule has 2 heterocycles. The van der Waals surface area contributed by atoms with Gasteiger partial charge in [-0.05, 0) is 5.56 Å². The number of carbonyl (C=O) groups excluding carboxylic acids is 1. The molecule has 1 unspecified atom stereocenters. The number of nitrogens with zero attached hydrogens (tertiary/aromatic N) is 4. The molecule has 3 rings (SSSR count). The van der Waals surface area contributed by atoms with Crippen LogP contribution in [0.2, 0.25) is 0 Å². The number of amides is 1. The standard InChI is InChI=1S/C17H22N4O2/c1-17(2)11-21(16(17)13-7-5-4-6-8-13)15(22)10-23-9-14-19-18-12-20(14)3/h4-8,12,16H,9-11H2,1-3H3. The van der Waals surface area contributed by atoms with Crippen LogP contribution in [0.15, 0.2) is 36.7 Å². The SMILES string of the molecule is Cn1cnnc1COCC(=O)N1CC(C)(C)C1c1ccccc1. The van der Waals surface area contributed by atoms with Gasteiger partial charge >= 0.3 is 0 Å². The number of aromatic nitrogens is 3. The molecular formula is C17H22N4O2. The van der Waals surface area contributed by atoms with Gasteiger partial charge in [0.05, 0.1) is 6.04 Å². The molecule has 0 N–H and O–H groups in total. The molecule has 0 aliphatic carbocycles. The fraction of sp³-hybridized carbons (Fsp3) is 0.471. The van der Waals surface area contributed by atoms with Crippen molar-refractivity contribution in [1.29, 1.82) is 0 Å². The Morgan fingerprint density at radius 2 is 2.09 bits per heavy atom. The van der Waals surface area contributed by atoms with Crippen molar-refractivity contribution >= 4 is 5.91 Å². The number of hydrogen-bond acceptors (Lipinski definition) is 4. The molecule has 122 valence electrons. The van der Waals surface area contributed by atoms with Crippen LogP contribution >= 0.6 is 0 Å². The molecule has 0 radical (unpaired) electrons. The molecule has 1 fully saturated rings. The number of carbonyl (C=O) groups is 1. The topological polar surface area (TPSA) is 60.2 Å². The molecule has 6 nitrogen and oxygen atoms in total. The van der Waals surface area contributed by atoms with Gasteiger partial charge in [-0.2, -0.15) is 0 Å². The fourth-order valence-electron chi connectivity index (χ4n) is 3.18. The van der Waals surface area contributed by atoms with Gasteiger partial charge in [-0.25, -0.2) is 0 Å². The van der Waals surface area contributed by atoms with Crippen molar-refractivity contribution in [2.45, 2.75) is 26.5 Å². The van der Waals surface area contributed by atoms with E-state index in [1.807, 2.05) is 30.1 Å². The molecule has 0 saturated carbocycles. The van der Waals surface area contributed by atoms with Gasteiger partial charge < -0.3 is 14.2 Å². The number of benzene rings is 1. The van der Waals surface area contributed by atoms with Crippen molar-refractivity contribution < 1.29 is 9.53 Å². The molecular weight excluding hydrogens is 292 g/mol. The van der Waals surface area contributed by atoms with E-state index < -0.39 is 0 Å². The first-order chi connectivity index (χ1) is 11.0. The quantitative estimate of drug-likeness (QED) is 0.846. The van der Waals surface area contributed by atoms with Crippen molar-refractivity contribution in [3.8, 4) is 0 Å². The highest BCUT2D eigenvalue weighted by Crippen LogP contribution is 2.48. The highest BCUT2D eigenvalue weighted by Gasteiger charge is 2.48. The summed E-state index contributed by atoms with van der Waals surface area (Å²) in [5.41, 5.74) is 1.26. The van der Waals surface area contributed by atoms with Gasteiger partial charge in [0.1, 0.15) is 19.5 Å². The van der Waals surface area contributed by atoms with Crippen LogP contribution in [0.4, 0.5) is 0 Å². The van der Waals surface area contributed by atoms with E-state index in [-0.39, 0.29) is 30.6 Å². The Morgan fingerprint density at radius 3 is 2.70 bits per heavy atom. The van der Waals surface area contributed by atoms with Crippen LogP contribution in [-0.4, -0.2) is 38.7 Å². The lowest BCUT2D eigenvalue weighted by atomic mass is 9.71. The minimum atomic E-state index is 0.0142. The van der Waals surface area contributed by atoms with E-state index in [9.17, 15) is 4.79 Å². The number of rotatable bonds is 5.